The molecule has 0 radical (unpaired) electrons. The van der Waals surface area contributed by atoms with E-state index in [1.54, 1.807) is 6.07 Å². The van der Waals surface area contributed by atoms with Crippen molar-refractivity contribution in [3.05, 3.63) is 53.8 Å². The monoisotopic (exact) mass is 432 g/mol. The van der Waals surface area contributed by atoms with Crippen molar-refractivity contribution in [2.45, 2.75) is 49.9 Å². The Hall–Kier alpha value is -2.20. The summed E-state index contributed by atoms with van der Waals surface area (Å²) >= 11 is 0. The summed E-state index contributed by atoms with van der Waals surface area (Å²) in [5.41, 5.74) is 7.26. The van der Waals surface area contributed by atoms with Gasteiger partial charge in [-0.2, -0.15) is 4.31 Å². The van der Waals surface area contributed by atoms with E-state index in [0.29, 0.717) is 44.3 Å². The fraction of sp³-hybridized carbons (Fsp3) is 0.476. The molecule has 4 rings (SSSR count). The number of hydrogen-bond acceptors (Lipinski definition) is 6. The van der Waals surface area contributed by atoms with Gasteiger partial charge in [-0.25, -0.2) is 13.8 Å². The summed E-state index contributed by atoms with van der Waals surface area (Å²) in [4.78, 5) is 12.5. The Morgan fingerprint density at radius 3 is 2.53 bits per heavy atom. The molecule has 0 spiro atoms. The molecule has 2 aromatic rings. The number of hydrogen-bond donors (Lipinski definition) is 3. The predicted octanol–water partition coefficient (Wildman–Crippen LogP) is 1.92. The second-order valence-corrected chi connectivity index (χ2v) is 9.89. The van der Waals surface area contributed by atoms with Crippen LogP contribution in [0.2, 0.25) is 0 Å². The zero-order valence-corrected chi connectivity index (χ0v) is 17.8. The lowest BCUT2D eigenvalue weighted by Gasteiger charge is -2.29. The quantitative estimate of drug-likeness (QED) is 0.644. The lowest BCUT2D eigenvalue weighted by Crippen LogP contribution is -2.42. The highest BCUT2D eigenvalue weighted by Crippen LogP contribution is 2.29. The van der Waals surface area contributed by atoms with Gasteiger partial charge in [0, 0.05) is 31.6 Å². The normalized spacial score (nSPS) is 23.5. The van der Waals surface area contributed by atoms with Crippen molar-refractivity contribution in [1.82, 2.24) is 20.5 Å². The molecule has 2 aliphatic rings. The molecule has 2 aliphatic heterocycles. The average Bonchev–Trinajstić information content (AvgIpc) is 3.42. The highest BCUT2D eigenvalue weighted by molar-refractivity contribution is 7.89. The summed E-state index contributed by atoms with van der Waals surface area (Å²) in [5.74, 6) is 0.410. The molecule has 9 heteroatoms. The van der Waals surface area contributed by atoms with Gasteiger partial charge in [0.05, 0.1) is 6.04 Å². The van der Waals surface area contributed by atoms with Crippen LogP contribution in [-0.4, -0.2) is 37.8 Å². The highest BCUT2D eigenvalue weighted by Gasteiger charge is 2.34. The third kappa shape index (κ3) is 4.59. The number of carbonyl (C=O) groups is 1. The summed E-state index contributed by atoms with van der Waals surface area (Å²) in [6.45, 7) is 3.15. The first-order valence-corrected chi connectivity index (χ1v) is 11.8. The van der Waals surface area contributed by atoms with E-state index >= 15 is 0 Å². The molecule has 2 unspecified atom stereocenters. The van der Waals surface area contributed by atoms with Crippen LogP contribution in [0.3, 0.4) is 0 Å². The van der Waals surface area contributed by atoms with Gasteiger partial charge in [0.1, 0.15) is 5.76 Å². The molecule has 1 aromatic carbocycles. The second kappa shape index (κ2) is 8.89. The minimum Gasteiger partial charge on any atom is -0.447 e. The van der Waals surface area contributed by atoms with Crippen LogP contribution in [0.5, 0.6) is 0 Å². The van der Waals surface area contributed by atoms with Crippen molar-refractivity contribution < 1.29 is 17.6 Å². The number of amides is 1. The lowest BCUT2D eigenvalue weighted by molar-refractivity contribution is -0.126. The van der Waals surface area contributed by atoms with Crippen molar-refractivity contribution in [3.63, 3.8) is 0 Å². The maximum absolute atomic E-state index is 13.0. The number of hydrazine groups is 1. The first-order valence-electron chi connectivity index (χ1n) is 10.4. The van der Waals surface area contributed by atoms with E-state index in [0.717, 1.165) is 12.0 Å². The average molecular weight is 433 g/mol. The van der Waals surface area contributed by atoms with Gasteiger partial charge in [-0.1, -0.05) is 30.3 Å². The van der Waals surface area contributed by atoms with Gasteiger partial charge in [-0.3, -0.25) is 10.2 Å². The Balaban J connectivity index is 1.32. The molecule has 2 fully saturated rings. The van der Waals surface area contributed by atoms with Crippen LogP contribution in [0.15, 0.2) is 52.0 Å². The fourth-order valence-electron chi connectivity index (χ4n) is 3.98. The molecule has 0 aliphatic carbocycles. The molecule has 30 heavy (non-hydrogen) atoms. The molecule has 1 amide bonds. The Morgan fingerprint density at radius 1 is 1.13 bits per heavy atom. The lowest BCUT2D eigenvalue weighted by atomic mass is 9.97. The van der Waals surface area contributed by atoms with Crippen molar-refractivity contribution in [3.8, 4) is 0 Å². The summed E-state index contributed by atoms with van der Waals surface area (Å²) in [6, 6.07) is 13.2. The molecule has 2 atom stereocenters. The fourth-order valence-corrected chi connectivity index (χ4v) is 5.36. The summed E-state index contributed by atoms with van der Waals surface area (Å²) in [5, 5.41) is 2.92. The number of nitrogens with one attached hydrogen (secondary N) is 3. The van der Waals surface area contributed by atoms with E-state index in [9.17, 15) is 13.2 Å². The van der Waals surface area contributed by atoms with Gasteiger partial charge in [0.2, 0.25) is 11.0 Å². The van der Waals surface area contributed by atoms with Crippen LogP contribution in [0.25, 0.3) is 0 Å². The van der Waals surface area contributed by atoms with Gasteiger partial charge < -0.3 is 9.73 Å². The zero-order chi connectivity index (χ0) is 21.1. The van der Waals surface area contributed by atoms with Crippen LogP contribution in [-0.2, 0) is 21.4 Å². The van der Waals surface area contributed by atoms with Crippen molar-refractivity contribution >= 4 is 15.9 Å². The van der Waals surface area contributed by atoms with Gasteiger partial charge in [-0.15, -0.1) is 0 Å². The summed E-state index contributed by atoms with van der Waals surface area (Å²) in [7, 11) is -3.70. The minimum atomic E-state index is -3.70. The molecule has 0 bridgehead atoms. The summed E-state index contributed by atoms with van der Waals surface area (Å²) in [6.07, 6.45) is 1.83. The van der Waals surface area contributed by atoms with Crippen molar-refractivity contribution in [1.29, 1.82) is 0 Å². The third-order valence-electron chi connectivity index (χ3n) is 5.77. The van der Waals surface area contributed by atoms with Crippen LogP contribution >= 0.6 is 0 Å². The second-order valence-electron chi connectivity index (χ2n) is 8.02. The number of nitrogens with zero attached hydrogens (tertiary/aromatic N) is 1. The molecule has 2 saturated heterocycles. The maximum atomic E-state index is 13.0. The van der Waals surface area contributed by atoms with Gasteiger partial charge in [-0.05, 0) is 43.9 Å². The van der Waals surface area contributed by atoms with E-state index < -0.39 is 10.0 Å². The number of sulfonamides is 1. The Morgan fingerprint density at radius 2 is 1.87 bits per heavy atom. The highest BCUT2D eigenvalue weighted by atomic mass is 32.2. The number of benzene rings is 1. The Kier molecular flexibility index (Phi) is 6.24. The topological polar surface area (TPSA) is 104 Å². The molecule has 1 aromatic heterocycles. The number of furan rings is 1. The van der Waals surface area contributed by atoms with Gasteiger partial charge in [0.25, 0.3) is 10.0 Å². The number of carbonyl (C=O) groups excluding carboxylic acids is 1. The number of rotatable bonds is 6. The predicted molar refractivity (Wildman–Crippen MR) is 112 cm³/mol. The Labute approximate surface area is 177 Å². The molecule has 3 heterocycles. The van der Waals surface area contributed by atoms with E-state index in [2.05, 4.69) is 16.2 Å². The first-order chi connectivity index (χ1) is 14.4. The Bertz CT molecular complexity index is 968. The molecular formula is C21H28N4O4S. The smallest absolute Gasteiger partial charge is 0.276 e. The van der Waals surface area contributed by atoms with E-state index in [1.165, 1.54) is 10.4 Å². The standard InChI is InChI=1S/C21H28N4O4S/c1-15-13-18(24-23-15)19-7-8-20(29-19)30(27,28)25-11-9-17(10-12-25)21(26)22-14-16-5-3-2-4-6-16/h2-8,15,17-18,23-24H,9-14H2,1H3,(H,22,26). The first kappa shape index (κ1) is 21.0. The largest absolute Gasteiger partial charge is 0.447 e. The molecule has 3 N–H and O–H groups in total. The molecule has 8 nitrogen and oxygen atoms in total. The van der Waals surface area contributed by atoms with E-state index in [1.807, 2.05) is 37.3 Å². The van der Waals surface area contributed by atoms with Crippen LogP contribution in [0.1, 0.15) is 43.6 Å². The number of piperidine rings is 1. The molecule has 162 valence electrons. The van der Waals surface area contributed by atoms with E-state index in [-0.39, 0.29) is 23.0 Å². The SMILES string of the molecule is CC1CC(c2ccc(S(=O)(=O)N3CCC(C(=O)NCc4ccccc4)CC3)o2)NN1. The van der Waals surface area contributed by atoms with Crippen LogP contribution < -0.4 is 16.2 Å². The van der Waals surface area contributed by atoms with Crippen molar-refractivity contribution in [2.24, 2.45) is 5.92 Å². The molecule has 0 saturated carbocycles. The van der Waals surface area contributed by atoms with Crippen LogP contribution in [0.4, 0.5) is 0 Å². The minimum absolute atomic E-state index is 0.0230. The summed E-state index contributed by atoms with van der Waals surface area (Å²) < 4.78 is 33.0. The van der Waals surface area contributed by atoms with Gasteiger partial charge in [0.15, 0.2) is 0 Å². The van der Waals surface area contributed by atoms with E-state index in [4.69, 9.17) is 4.42 Å². The van der Waals surface area contributed by atoms with Crippen LogP contribution in [0, 0.1) is 5.92 Å². The van der Waals surface area contributed by atoms with Crippen molar-refractivity contribution in [2.75, 3.05) is 13.1 Å². The maximum Gasteiger partial charge on any atom is 0.276 e. The van der Waals surface area contributed by atoms with Gasteiger partial charge >= 0.3 is 0 Å². The zero-order valence-electron chi connectivity index (χ0n) is 17.0. The third-order valence-corrected chi connectivity index (χ3v) is 7.54. The molecular weight excluding hydrogens is 404 g/mol.